The number of fused-ring (bicyclic) bond motifs is 2. The maximum Gasteiger partial charge on any atom is 0.336 e. The predicted molar refractivity (Wildman–Crippen MR) is 71.9 cm³/mol. The van der Waals surface area contributed by atoms with Gasteiger partial charge in [0.2, 0.25) is 0 Å². The number of para-hydroxylation sites is 1. The lowest BCUT2D eigenvalue weighted by Gasteiger charge is -2.23. The summed E-state index contributed by atoms with van der Waals surface area (Å²) in [5, 5.41) is 19.2. The summed E-state index contributed by atoms with van der Waals surface area (Å²) in [6.07, 6.45) is 1.26. The number of carbonyl (C=O) groups is 2. The first-order valence-electron chi connectivity index (χ1n) is 6.44. The smallest absolute Gasteiger partial charge is 0.336 e. The lowest BCUT2D eigenvalue weighted by molar-refractivity contribution is -0.142. The Labute approximate surface area is 114 Å². The van der Waals surface area contributed by atoms with Gasteiger partial charge in [-0.25, -0.2) is 4.79 Å². The van der Waals surface area contributed by atoms with Crippen molar-refractivity contribution in [1.82, 2.24) is 4.98 Å². The Balaban J connectivity index is 2.26. The molecule has 0 aliphatic heterocycles. The van der Waals surface area contributed by atoms with Crippen LogP contribution in [0.15, 0.2) is 24.3 Å². The second kappa shape index (κ2) is 4.59. The van der Waals surface area contributed by atoms with Crippen molar-refractivity contribution in [3.63, 3.8) is 0 Å². The molecule has 0 bridgehead atoms. The maximum absolute atomic E-state index is 11.6. The van der Waals surface area contributed by atoms with Gasteiger partial charge in [0.1, 0.15) is 0 Å². The van der Waals surface area contributed by atoms with Crippen LogP contribution in [-0.2, 0) is 17.6 Å². The molecule has 1 aliphatic carbocycles. The molecule has 0 amide bonds. The van der Waals surface area contributed by atoms with Gasteiger partial charge >= 0.3 is 11.9 Å². The van der Waals surface area contributed by atoms with E-state index < -0.39 is 17.9 Å². The molecule has 102 valence electrons. The quantitative estimate of drug-likeness (QED) is 0.873. The zero-order valence-corrected chi connectivity index (χ0v) is 10.7. The summed E-state index contributed by atoms with van der Waals surface area (Å²) >= 11 is 0. The lowest BCUT2D eigenvalue weighted by Crippen LogP contribution is -2.25. The van der Waals surface area contributed by atoms with Crippen LogP contribution in [-0.4, -0.2) is 27.1 Å². The van der Waals surface area contributed by atoms with Crippen molar-refractivity contribution in [2.75, 3.05) is 0 Å². The van der Waals surface area contributed by atoms with Crippen molar-refractivity contribution in [2.24, 2.45) is 5.92 Å². The Morgan fingerprint density at radius 1 is 1.20 bits per heavy atom. The number of aryl methyl sites for hydroxylation is 1. The van der Waals surface area contributed by atoms with Gasteiger partial charge in [0.15, 0.2) is 0 Å². The summed E-state index contributed by atoms with van der Waals surface area (Å²) < 4.78 is 0. The monoisotopic (exact) mass is 271 g/mol. The van der Waals surface area contributed by atoms with E-state index in [9.17, 15) is 14.7 Å². The number of aromatic nitrogens is 1. The number of nitrogens with zero attached hydrogens (tertiary/aromatic N) is 1. The van der Waals surface area contributed by atoms with E-state index in [0.29, 0.717) is 29.3 Å². The molecule has 1 aromatic heterocycles. The summed E-state index contributed by atoms with van der Waals surface area (Å²) in [6.45, 7) is 0. The minimum Gasteiger partial charge on any atom is -0.481 e. The van der Waals surface area contributed by atoms with E-state index in [1.54, 1.807) is 18.2 Å². The first kappa shape index (κ1) is 12.6. The molecule has 0 radical (unpaired) electrons. The zero-order chi connectivity index (χ0) is 14.3. The molecule has 20 heavy (non-hydrogen) atoms. The molecule has 2 aromatic rings. The summed E-state index contributed by atoms with van der Waals surface area (Å²) in [6, 6.07) is 7.08. The zero-order valence-electron chi connectivity index (χ0n) is 10.7. The molecule has 1 unspecified atom stereocenters. The Hall–Kier alpha value is -2.43. The average Bonchev–Trinajstić information content (AvgIpc) is 2.43. The molecule has 5 heteroatoms. The van der Waals surface area contributed by atoms with Gasteiger partial charge in [-0.15, -0.1) is 0 Å². The van der Waals surface area contributed by atoms with Crippen molar-refractivity contribution < 1.29 is 19.8 Å². The number of carboxylic acid groups (broad SMARTS) is 2. The molecule has 0 spiro atoms. The highest BCUT2D eigenvalue weighted by molar-refractivity contribution is 6.04. The summed E-state index contributed by atoms with van der Waals surface area (Å²) in [7, 11) is 0. The number of benzene rings is 1. The van der Waals surface area contributed by atoms with Gasteiger partial charge < -0.3 is 10.2 Å². The van der Waals surface area contributed by atoms with Crippen LogP contribution in [0.25, 0.3) is 10.9 Å². The molecule has 1 aliphatic rings. The van der Waals surface area contributed by atoms with Crippen LogP contribution in [0.2, 0.25) is 0 Å². The van der Waals surface area contributed by atoms with Crippen molar-refractivity contribution in [1.29, 1.82) is 0 Å². The van der Waals surface area contributed by atoms with Crippen LogP contribution in [0.3, 0.4) is 0 Å². The average molecular weight is 271 g/mol. The Kier molecular flexibility index (Phi) is 2.89. The molecule has 2 N–H and O–H groups in total. The summed E-state index contributed by atoms with van der Waals surface area (Å²) in [5.74, 6) is -2.42. The van der Waals surface area contributed by atoms with E-state index in [4.69, 9.17) is 5.11 Å². The maximum atomic E-state index is 11.6. The SMILES string of the molecule is O=C(O)c1c2c(nc3ccccc13)CCC(C(=O)O)C2. The number of pyridine rings is 1. The molecule has 1 aromatic carbocycles. The van der Waals surface area contributed by atoms with E-state index in [-0.39, 0.29) is 12.0 Å². The number of hydrogen-bond acceptors (Lipinski definition) is 3. The molecular weight excluding hydrogens is 258 g/mol. The largest absolute Gasteiger partial charge is 0.481 e. The first-order valence-corrected chi connectivity index (χ1v) is 6.44. The third-order valence-corrected chi connectivity index (χ3v) is 3.82. The highest BCUT2D eigenvalue weighted by Crippen LogP contribution is 2.31. The molecule has 0 saturated heterocycles. The fraction of sp³-hybridized carbons (Fsp3) is 0.267. The van der Waals surface area contributed by atoms with Gasteiger partial charge in [0.25, 0.3) is 0 Å². The predicted octanol–water partition coefficient (Wildman–Crippen LogP) is 2.12. The van der Waals surface area contributed by atoms with Crippen LogP contribution < -0.4 is 0 Å². The van der Waals surface area contributed by atoms with Crippen molar-refractivity contribution >= 4 is 22.8 Å². The highest BCUT2D eigenvalue weighted by Gasteiger charge is 2.29. The normalized spacial score (nSPS) is 17.7. The number of aromatic carboxylic acids is 1. The Morgan fingerprint density at radius 2 is 1.95 bits per heavy atom. The van der Waals surface area contributed by atoms with E-state index >= 15 is 0 Å². The van der Waals surface area contributed by atoms with Crippen molar-refractivity contribution in [3.05, 3.63) is 41.1 Å². The van der Waals surface area contributed by atoms with E-state index in [1.165, 1.54) is 0 Å². The van der Waals surface area contributed by atoms with Crippen LogP contribution in [0, 0.1) is 5.92 Å². The van der Waals surface area contributed by atoms with Crippen LogP contribution >= 0.6 is 0 Å². The highest BCUT2D eigenvalue weighted by atomic mass is 16.4. The van der Waals surface area contributed by atoms with Crippen LogP contribution in [0.4, 0.5) is 0 Å². The Bertz CT molecular complexity index is 723. The number of hydrogen-bond donors (Lipinski definition) is 2. The van der Waals surface area contributed by atoms with Gasteiger partial charge in [0.05, 0.1) is 17.0 Å². The van der Waals surface area contributed by atoms with E-state index in [0.717, 1.165) is 5.69 Å². The van der Waals surface area contributed by atoms with Crippen LogP contribution in [0.5, 0.6) is 0 Å². The molecular formula is C15H13NO4. The van der Waals surface area contributed by atoms with Gasteiger partial charge in [-0.05, 0) is 30.9 Å². The fourth-order valence-electron chi connectivity index (χ4n) is 2.84. The van der Waals surface area contributed by atoms with Gasteiger partial charge in [-0.2, -0.15) is 0 Å². The van der Waals surface area contributed by atoms with Gasteiger partial charge in [-0.1, -0.05) is 18.2 Å². The van der Waals surface area contributed by atoms with E-state index in [2.05, 4.69) is 4.98 Å². The molecule has 5 nitrogen and oxygen atoms in total. The van der Waals surface area contributed by atoms with Crippen molar-refractivity contribution in [3.8, 4) is 0 Å². The third kappa shape index (κ3) is 1.91. The molecule has 1 heterocycles. The molecule has 1 atom stereocenters. The Morgan fingerprint density at radius 3 is 2.65 bits per heavy atom. The number of carboxylic acids is 2. The fourth-order valence-corrected chi connectivity index (χ4v) is 2.84. The summed E-state index contributed by atoms with van der Waals surface area (Å²) in [5.41, 5.74) is 2.16. The third-order valence-electron chi connectivity index (χ3n) is 3.82. The first-order chi connectivity index (χ1) is 9.58. The van der Waals surface area contributed by atoms with Gasteiger partial charge in [0, 0.05) is 11.1 Å². The molecule has 0 fully saturated rings. The molecule has 3 rings (SSSR count). The standard InChI is InChI=1S/C15H13NO4/c17-14(18)8-5-6-12-10(7-8)13(15(19)20)9-3-1-2-4-11(9)16-12/h1-4,8H,5-7H2,(H,17,18)(H,19,20). The second-order valence-corrected chi connectivity index (χ2v) is 5.01. The number of rotatable bonds is 2. The van der Waals surface area contributed by atoms with Gasteiger partial charge in [-0.3, -0.25) is 9.78 Å². The topological polar surface area (TPSA) is 87.5 Å². The lowest BCUT2D eigenvalue weighted by atomic mass is 9.83. The van der Waals surface area contributed by atoms with E-state index in [1.807, 2.05) is 6.07 Å². The summed E-state index contributed by atoms with van der Waals surface area (Å²) in [4.78, 5) is 27.2. The minimum atomic E-state index is -1.02. The minimum absolute atomic E-state index is 0.205. The molecule has 0 saturated carbocycles. The second-order valence-electron chi connectivity index (χ2n) is 5.01. The van der Waals surface area contributed by atoms with Crippen molar-refractivity contribution in [2.45, 2.75) is 19.3 Å². The van der Waals surface area contributed by atoms with Crippen LogP contribution in [0.1, 0.15) is 28.0 Å². The number of aliphatic carboxylic acids is 1.